The van der Waals surface area contributed by atoms with Crippen LogP contribution in [0.4, 0.5) is 8.78 Å². The predicted molar refractivity (Wildman–Crippen MR) is 74.7 cm³/mol. The number of para-hydroxylation sites is 1. The van der Waals surface area contributed by atoms with Crippen molar-refractivity contribution in [2.75, 3.05) is 13.2 Å². The molecule has 0 bridgehead atoms. The van der Waals surface area contributed by atoms with Crippen LogP contribution in [0.25, 0.3) is 0 Å². The van der Waals surface area contributed by atoms with Crippen molar-refractivity contribution in [1.82, 2.24) is 5.32 Å². The molecule has 0 aromatic heterocycles. The van der Waals surface area contributed by atoms with Crippen LogP contribution in [-0.2, 0) is 0 Å². The summed E-state index contributed by atoms with van der Waals surface area (Å²) in [7, 11) is 0. The summed E-state index contributed by atoms with van der Waals surface area (Å²) in [5, 5.41) is 3.05. The van der Waals surface area contributed by atoms with Crippen molar-refractivity contribution in [2.45, 2.75) is 13.0 Å². The summed E-state index contributed by atoms with van der Waals surface area (Å²) in [6.45, 7) is 2.64. The van der Waals surface area contributed by atoms with E-state index in [-0.39, 0.29) is 12.2 Å². The van der Waals surface area contributed by atoms with Gasteiger partial charge in [0.05, 0.1) is 6.04 Å². The van der Waals surface area contributed by atoms with Crippen LogP contribution in [-0.4, -0.2) is 13.2 Å². The average molecular weight is 277 g/mol. The molecule has 2 rings (SSSR count). The number of halogens is 2. The molecule has 0 spiro atoms. The van der Waals surface area contributed by atoms with E-state index in [4.69, 9.17) is 4.74 Å². The normalized spacial score (nSPS) is 12.2. The average Bonchev–Trinajstić information content (AvgIpc) is 2.45. The third kappa shape index (κ3) is 3.54. The maximum atomic E-state index is 13.8. The van der Waals surface area contributed by atoms with Gasteiger partial charge in [-0.3, -0.25) is 0 Å². The minimum atomic E-state index is -0.562. The van der Waals surface area contributed by atoms with Crippen molar-refractivity contribution in [1.29, 1.82) is 0 Å². The lowest BCUT2D eigenvalue weighted by atomic mass is 10.1. The van der Waals surface area contributed by atoms with Crippen molar-refractivity contribution in [2.24, 2.45) is 0 Å². The highest BCUT2D eigenvalue weighted by Gasteiger charge is 2.19. The molecule has 106 valence electrons. The number of ether oxygens (including phenoxy) is 1. The number of hydrogen-bond acceptors (Lipinski definition) is 2. The minimum absolute atomic E-state index is 0.0188. The Kier molecular flexibility index (Phi) is 5.07. The molecule has 2 aromatic rings. The van der Waals surface area contributed by atoms with Crippen LogP contribution in [0, 0.1) is 11.6 Å². The molecule has 1 N–H and O–H groups in total. The van der Waals surface area contributed by atoms with Crippen LogP contribution in [0.3, 0.4) is 0 Å². The van der Waals surface area contributed by atoms with Gasteiger partial charge in [0.15, 0.2) is 0 Å². The summed E-state index contributed by atoms with van der Waals surface area (Å²) in [5.41, 5.74) is 0.0188. The van der Waals surface area contributed by atoms with Crippen molar-refractivity contribution < 1.29 is 13.5 Å². The fourth-order valence-corrected chi connectivity index (χ4v) is 2.03. The number of nitrogens with one attached hydrogen (secondary N) is 1. The van der Waals surface area contributed by atoms with Gasteiger partial charge in [0, 0.05) is 5.56 Å². The Morgan fingerprint density at radius 1 is 1.00 bits per heavy atom. The minimum Gasteiger partial charge on any atom is -0.492 e. The molecule has 0 saturated carbocycles. The van der Waals surface area contributed by atoms with E-state index in [1.165, 1.54) is 18.2 Å². The lowest BCUT2D eigenvalue weighted by molar-refractivity contribution is 0.261. The molecule has 0 aliphatic carbocycles. The highest BCUT2D eigenvalue weighted by Crippen LogP contribution is 2.22. The maximum Gasteiger partial charge on any atom is 0.131 e. The molecule has 4 heteroatoms. The summed E-state index contributed by atoms with van der Waals surface area (Å²) in [4.78, 5) is 0. The Morgan fingerprint density at radius 2 is 1.65 bits per heavy atom. The second kappa shape index (κ2) is 7.01. The van der Waals surface area contributed by atoms with Gasteiger partial charge in [-0.1, -0.05) is 31.2 Å². The lowest BCUT2D eigenvalue weighted by Gasteiger charge is -2.20. The number of likely N-dealkylation sites (N-methyl/N-ethyl adjacent to an activating group) is 1. The number of hydrogen-bond donors (Lipinski definition) is 1. The number of benzene rings is 2. The molecule has 1 unspecified atom stereocenters. The van der Waals surface area contributed by atoms with E-state index in [9.17, 15) is 8.78 Å². The van der Waals surface area contributed by atoms with Crippen LogP contribution >= 0.6 is 0 Å². The molecule has 0 fully saturated rings. The zero-order chi connectivity index (χ0) is 14.4. The topological polar surface area (TPSA) is 21.3 Å². The molecular weight excluding hydrogens is 260 g/mol. The Balaban J connectivity index is 2.15. The van der Waals surface area contributed by atoms with Crippen molar-refractivity contribution >= 4 is 0 Å². The monoisotopic (exact) mass is 277 g/mol. The molecule has 20 heavy (non-hydrogen) atoms. The molecule has 0 saturated heterocycles. The van der Waals surface area contributed by atoms with E-state index < -0.39 is 17.7 Å². The van der Waals surface area contributed by atoms with Gasteiger partial charge in [0.1, 0.15) is 24.0 Å². The molecular formula is C16H17F2NO. The summed E-state index contributed by atoms with van der Waals surface area (Å²) in [5.74, 6) is -0.452. The standard InChI is InChI=1S/C16H17F2NO/c1-2-19-15(11-20-12-7-4-3-5-8-12)16-13(17)9-6-10-14(16)18/h3-10,15,19H,2,11H2,1H3. The molecule has 2 aromatic carbocycles. The third-order valence-electron chi connectivity index (χ3n) is 2.96. The van der Waals surface area contributed by atoms with Crippen LogP contribution in [0.2, 0.25) is 0 Å². The van der Waals surface area contributed by atoms with Gasteiger partial charge in [-0.2, -0.15) is 0 Å². The first-order chi connectivity index (χ1) is 9.72. The van der Waals surface area contributed by atoms with Gasteiger partial charge in [0.2, 0.25) is 0 Å². The Hall–Kier alpha value is -1.94. The highest BCUT2D eigenvalue weighted by atomic mass is 19.1. The zero-order valence-corrected chi connectivity index (χ0v) is 11.3. The molecule has 0 radical (unpaired) electrons. The third-order valence-corrected chi connectivity index (χ3v) is 2.96. The van der Waals surface area contributed by atoms with E-state index in [0.717, 1.165) is 0 Å². The predicted octanol–water partition coefficient (Wildman–Crippen LogP) is 3.69. The second-order valence-corrected chi connectivity index (χ2v) is 4.37. The van der Waals surface area contributed by atoms with Gasteiger partial charge >= 0.3 is 0 Å². The highest BCUT2D eigenvalue weighted by molar-refractivity contribution is 5.25. The van der Waals surface area contributed by atoms with Gasteiger partial charge < -0.3 is 10.1 Å². The fourth-order valence-electron chi connectivity index (χ4n) is 2.03. The van der Waals surface area contributed by atoms with Crippen molar-refractivity contribution in [3.8, 4) is 5.75 Å². The fraction of sp³-hybridized carbons (Fsp3) is 0.250. The van der Waals surface area contributed by atoms with Crippen LogP contribution in [0.1, 0.15) is 18.5 Å². The summed E-state index contributed by atoms with van der Waals surface area (Å²) in [6.07, 6.45) is 0. The van der Waals surface area contributed by atoms with E-state index in [0.29, 0.717) is 12.3 Å². The van der Waals surface area contributed by atoms with E-state index in [1.807, 2.05) is 25.1 Å². The molecule has 1 atom stereocenters. The largest absolute Gasteiger partial charge is 0.492 e. The summed E-state index contributed by atoms with van der Waals surface area (Å²) < 4.78 is 33.2. The lowest BCUT2D eigenvalue weighted by Crippen LogP contribution is -2.28. The summed E-state index contributed by atoms with van der Waals surface area (Å²) in [6, 6.07) is 12.5. The van der Waals surface area contributed by atoms with Crippen molar-refractivity contribution in [3.05, 3.63) is 65.7 Å². The van der Waals surface area contributed by atoms with E-state index in [2.05, 4.69) is 5.32 Å². The van der Waals surface area contributed by atoms with Crippen LogP contribution < -0.4 is 10.1 Å². The first-order valence-corrected chi connectivity index (χ1v) is 6.57. The Labute approximate surface area is 117 Å². The van der Waals surface area contributed by atoms with Gasteiger partial charge in [-0.05, 0) is 30.8 Å². The Bertz CT molecular complexity index is 525. The molecule has 0 heterocycles. The second-order valence-electron chi connectivity index (χ2n) is 4.37. The first-order valence-electron chi connectivity index (χ1n) is 6.57. The quantitative estimate of drug-likeness (QED) is 0.869. The van der Waals surface area contributed by atoms with Crippen LogP contribution in [0.15, 0.2) is 48.5 Å². The molecule has 0 amide bonds. The maximum absolute atomic E-state index is 13.8. The van der Waals surface area contributed by atoms with Gasteiger partial charge in [-0.15, -0.1) is 0 Å². The van der Waals surface area contributed by atoms with E-state index in [1.54, 1.807) is 12.1 Å². The van der Waals surface area contributed by atoms with E-state index >= 15 is 0 Å². The van der Waals surface area contributed by atoms with Crippen LogP contribution in [0.5, 0.6) is 5.75 Å². The molecule has 2 nitrogen and oxygen atoms in total. The summed E-state index contributed by atoms with van der Waals surface area (Å²) >= 11 is 0. The molecule has 0 aliphatic heterocycles. The Morgan fingerprint density at radius 3 is 2.25 bits per heavy atom. The smallest absolute Gasteiger partial charge is 0.131 e. The zero-order valence-electron chi connectivity index (χ0n) is 11.3. The van der Waals surface area contributed by atoms with Crippen molar-refractivity contribution in [3.63, 3.8) is 0 Å². The van der Waals surface area contributed by atoms with Gasteiger partial charge in [0.25, 0.3) is 0 Å². The number of rotatable bonds is 6. The first kappa shape index (κ1) is 14.5. The molecule has 0 aliphatic rings. The van der Waals surface area contributed by atoms with Gasteiger partial charge in [-0.25, -0.2) is 8.78 Å². The SMILES string of the molecule is CCNC(COc1ccccc1)c1c(F)cccc1F.